The lowest BCUT2D eigenvalue weighted by Crippen LogP contribution is -2.71. The van der Waals surface area contributed by atoms with E-state index in [9.17, 15) is 14.5 Å². The van der Waals surface area contributed by atoms with Crippen molar-refractivity contribution in [3.8, 4) is 0 Å². The minimum Gasteiger partial charge on any atom is -0.358 e. The van der Waals surface area contributed by atoms with Crippen LogP contribution in [0.1, 0.15) is 69.4 Å². The molecule has 4 aliphatic heterocycles. The van der Waals surface area contributed by atoms with Crippen LogP contribution in [0, 0.1) is 16.2 Å². The number of amides is 2. The van der Waals surface area contributed by atoms with Crippen molar-refractivity contribution in [3.63, 3.8) is 0 Å². The van der Waals surface area contributed by atoms with E-state index in [1.165, 1.54) is 0 Å². The van der Waals surface area contributed by atoms with Crippen LogP contribution in [0.25, 0.3) is 4.91 Å². The summed E-state index contributed by atoms with van der Waals surface area (Å²) in [4.78, 5) is 44.7. The van der Waals surface area contributed by atoms with Crippen LogP contribution in [-0.4, -0.2) is 66.9 Å². The molecule has 1 aromatic heterocycles. The number of rotatable bonds is 9. The minimum absolute atomic E-state index is 0.00746. The molecule has 4 atom stereocenters. The third kappa shape index (κ3) is 4.76. The van der Waals surface area contributed by atoms with E-state index in [0.717, 1.165) is 59.4 Å². The molecule has 220 valence electrons. The maximum atomic E-state index is 13.9. The summed E-state index contributed by atoms with van der Waals surface area (Å²) in [5, 5.41) is 10.8. The molecule has 10 nitrogen and oxygen atoms in total. The molecule has 41 heavy (non-hydrogen) atoms. The first-order valence-corrected chi connectivity index (χ1v) is 16.5. The number of carbonyl (C=O) groups is 2. The molecular formula is C30H40N6O4S. The SMILES string of the molecule is CC1=C(c2ccc(C(C)NC(=O)C3CCCN3C(=O)C(c3cc(N4CC5(CNC5)C4)no3)C(C)C)cc2)S1(C)N=O. The Balaban J connectivity index is 1.10. The Morgan fingerprint density at radius 2 is 1.90 bits per heavy atom. The number of aromatic nitrogens is 1. The molecule has 4 aliphatic rings. The molecule has 11 heteroatoms. The van der Waals surface area contributed by atoms with Gasteiger partial charge < -0.3 is 25.0 Å². The van der Waals surface area contributed by atoms with Gasteiger partial charge in [-0.15, -0.1) is 4.91 Å². The zero-order chi connectivity index (χ0) is 29.1. The number of nitrogens with one attached hydrogen (secondary N) is 2. The number of allylic oxidation sites excluding steroid dienone is 1. The third-order valence-electron chi connectivity index (χ3n) is 9.42. The number of hydrogen-bond acceptors (Lipinski definition) is 8. The first-order valence-electron chi connectivity index (χ1n) is 14.5. The highest BCUT2D eigenvalue weighted by Crippen LogP contribution is 2.79. The Morgan fingerprint density at radius 1 is 1.20 bits per heavy atom. The summed E-state index contributed by atoms with van der Waals surface area (Å²) in [6.07, 6.45) is 3.33. The van der Waals surface area contributed by atoms with E-state index in [4.69, 9.17) is 4.52 Å². The third-order valence-corrected chi connectivity index (χ3v) is 12.3. The molecule has 3 fully saturated rings. The van der Waals surface area contributed by atoms with Gasteiger partial charge in [0.2, 0.25) is 11.8 Å². The van der Waals surface area contributed by atoms with E-state index >= 15 is 0 Å². The summed E-state index contributed by atoms with van der Waals surface area (Å²) in [6.45, 7) is 12.5. The van der Waals surface area contributed by atoms with Crippen molar-refractivity contribution in [2.75, 3.05) is 43.9 Å². The first-order chi connectivity index (χ1) is 19.6. The lowest BCUT2D eigenvalue weighted by molar-refractivity contribution is -0.141. The van der Waals surface area contributed by atoms with Crippen LogP contribution < -0.4 is 15.5 Å². The van der Waals surface area contributed by atoms with Crippen molar-refractivity contribution in [2.45, 2.75) is 58.5 Å². The van der Waals surface area contributed by atoms with Gasteiger partial charge in [0.05, 0.1) is 6.04 Å². The molecule has 0 radical (unpaired) electrons. The second-order valence-electron chi connectivity index (χ2n) is 12.6. The summed E-state index contributed by atoms with van der Waals surface area (Å²) in [6, 6.07) is 9.12. The number of hydrogen-bond donors (Lipinski definition) is 2. The van der Waals surface area contributed by atoms with Gasteiger partial charge in [-0.3, -0.25) is 9.59 Å². The van der Waals surface area contributed by atoms with E-state index in [1.54, 1.807) is 4.90 Å². The Hall–Kier alpha value is -3.18. The largest absolute Gasteiger partial charge is 0.358 e. The molecule has 2 N–H and O–H groups in total. The molecule has 5 heterocycles. The van der Waals surface area contributed by atoms with Crippen molar-refractivity contribution in [1.82, 2.24) is 20.7 Å². The molecule has 1 spiro atoms. The maximum Gasteiger partial charge on any atom is 0.243 e. The molecule has 0 aliphatic carbocycles. The summed E-state index contributed by atoms with van der Waals surface area (Å²) in [7, 11) is -1.62. The van der Waals surface area contributed by atoms with Crippen LogP contribution in [-0.2, 0) is 9.59 Å². The van der Waals surface area contributed by atoms with Gasteiger partial charge in [-0.1, -0.05) is 53.5 Å². The molecule has 4 unspecified atom stereocenters. The molecule has 1 aromatic carbocycles. The number of benzene rings is 1. The van der Waals surface area contributed by atoms with Gasteiger partial charge in [-0.2, -0.15) is 0 Å². The predicted octanol–water partition coefficient (Wildman–Crippen LogP) is 4.51. The minimum atomic E-state index is -1.62. The zero-order valence-electron chi connectivity index (χ0n) is 24.5. The highest BCUT2D eigenvalue weighted by Gasteiger charge is 2.49. The maximum absolute atomic E-state index is 13.9. The first kappa shape index (κ1) is 28.0. The topological polar surface area (TPSA) is 120 Å². The van der Waals surface area contributed by atoms with Gasteiger partial charge in [0.25, 0.3) is 0 Å². The van der Waals surface area contributed by atoms with Crippen LogP contribution in [0.5, 0.6) is 0 Å². The molecule has 0 saturated carbocycles. The quantitative estimate of drug-likeness (QED) is 0.419. The van der Waals surface area contributed by atoms with Crippen LogP contribution in [0.2, 0.25) is 0 Å². The predicted molar refractivity (Wildman–Crippen MR) is 161 cm³/mol. The zero-order valence-corrected chi connectivity index (χ0v) is 25.3. The van der Waals surface area contributed by atoms with Gasteiger partial charge in [-0.05, 0) is 54.6 Å². The van der Waals surface area contributed by atoms with Crippen LogP contribution in [0.4, 0.5) is 5.82 Å². The van der Waals surface area contributed by atoms with Crippen LogP contribution in [0.15, 0.2) is 44.3 Å². The Bertz CT molecular complexity index is 1390. The lowest BCUT2D eigenvalue weighted by Gasteiger charge is -2.56. The molecule has 3 saturated heterocycles. The van der Waals surface area contributed by atoms with E-state index in [-0.39, 0.29) is 23.8 Å². The summed E-state index contributed by atoms with van der Waals surface area (Å²) in [5.74, 6) is 0.624. The van der Waals surface area contributed by atoms with Crippen LogP contribution in [0.3, 0.4) is 0 Å². The van der Waals surface area contributed by atoms with Gasteiger partial charge >= 0.3 is 0 Å². The van der Waals surface area contributed by atoms with E-state index in [2.05, 4.69) is 25.3 Å². The average Bonchev–Trinajstić information content (AvgIpc) is 3.32. The summed E-state index contributed by atoms with van der Waals surface area (Å²) in [5.41, 5.74) is 2.34. The van der Waals surface area contributed by atoms with E-state index < -0.39 is 22.2 Å². The van der Waals surface area contributed by atoms with Crippen molar-refractivity contribution in [2.24, 2.45) is 15.9 Å². The van der Waals surface area contributed by atoms with E-state index in [0.29, 0.717) is 24.1 Å². The van der Waals surface area contributed by atoms with Crippen molar-refractivity contribution >= 4 is 32.8 Å². The number of likely N-dealkylation sites (tertiary alicyclic amines) is 1. The standard InChI is InChI=1S/C30H40N6O4S/c1-18(2)26(24-13-25(33-40-24)35-16-30(17-35)14-31-15-30)29(38)36-12-6-7-23(36)28(37)32-19(3)21-8-10-22(11-9-21)27-20(4)41(27,5)34-39/h8-11,13,18-19,23,26,31H,6-7,12,14-17H2,1-5H3,(H,32,37). The molecular weight excluding hydrogens is 540 g/mol. The van der Waals surface area contributed by atoms with Gasteiger partial charge in [0.1, 0.15) is 12.0 Å². The Labute approximate surface area is 242 Å². The molecule has 0 bridgehead atoms. The second-order valence-corrected chi connectivity index (χ2v) is 15.6. The van der Waals surface area contributed by atoms with Gasteiger partial charge in [0, 0.05) is 54.0 Å². The van der Waals surface area contributed by atoms with Crippen molar-refractivity contribution < 1.29 is 14.1 Å². The molecule has 2 aromatic rings. The monoisotopic (exact) mass is 580 g/mol. The summed E-state index contributed by atoms with van der Waals surface area (Å²) < 4.78 is 9.10. The normalized spacial score (nSPS) is 27.6. The second kappa shape index (κ2) is 10.3. The molecule has 6 rings (SSSR count). The average molecular weight is 581 g/mol. The fourth-order valence-corrected chi connectivity index (χ4v) is 8.75. The van der Waals surface area contributed by atoms with Crippen molar-refractivity contribution in [1.29, 1.82) is 0 Å². The Kier molecular flexibility index (Phi) is 7.01. The molecule has 2 amide bonds. The number of nitroso groups, excluding NO2 is 1. The van der Waals surface area contributed by atoms with Crippen molar-refractivity contribution in [3.05, 3.63) is 57.0 Å². The lowest BCUT2D eigenvalue weighted by atomic mass is 9.74. The highest BCUT2D eigenvalue weighted by molar-refractivity contribution is 8.48. The fourth-order valence-electron chi connectivity index (χ4n) is 6.67. The smallest absolute Gasteiger partial charge is 0.243 e. The van der Waals surface area contributed by atoms with Crippen LogP contribution >= 0.6 is 10.2 Å². The number of carbonyl (C=O) groups excluding carboxylic acids is 2. The Morgan fingerprint density at radius 3 is 2.49 bits per heavy atom. The number of nitrogens with zero attached hydrogens (tertiary/aromatic N) is 4. The summed E-state index contributed by atoms with van der Waals surface area (Å²) >= 11 is 0. The van der Waals surface area contributed by atoms with E-state index in [1.807, 2.05) is 64.3 Å². The number of anilines is 1. The fraction of sp³-hybridized carbons (Fsp3) is 0.567. The van der Waals surface area contributed by atoms with Gasteiger partial charge in [0.15, 0.2) is 11.6 Å². The highest BCUT2D eigenvalue weighted by atomic mass is 32.3. The van der Waals surface area contributed by atoms with Gasteiger partial charge in [-0.25, -0.2) is 0 Å².